The van der Waals surface area contributed by atoms with Gasteiger partial charge in [0.15, 0.2) is 0 Å². The van der Waals surface area contributed by atoms with E-state index in [1.54, 1.807) is 0 Å². The van der Waals surface area contributed by atoms with E-state index < -0.39 is 0 Å². The first-order valence-electron chi connectivity index (χ1n) is 4.73. The van der Waals surface area contributed by atoms with Gasteiger partial charge in [0.25, 0.3) is 0 Å². The van der Waals surface area contributed by atoms with Gasteiger partial charge in [-0.05, 0) is 27.2 Å². The zero-order chi connectivity index (χ0) is 10.1. The molecule has 0 bridgehead atoms. The fourth-order valence-corrected chi connectivity index (χ4v) is 1.19. The van der Waals surface area contributed by atoms with E-state index >= 15 is 0 Å². The summed E-state index contributed by atoms with van der Waals surface area (Å²) in [5.41, 5.74) is 2.75. The number of hydrogen-bond acceptors (Lipinski definition) is 3. The quantitative estimate of drug-likeness (QED) is 0.368. The lowest BCUT2D eigenvalue weighted by molar-refractivity contribution is 0.0457. The number of nitrogens with two attached hydrogens (primary N) is 1. The molecule has 3 N–H and O–H groups in total. The summed E-state index contributed by atoms with van der Waals surface area (Å²) >= 11 is 0. The zero-order valence-corrected chi connectivity index (χ0v) is 8.76. The number of nitrogens with one attached hydrogen (secondary N) is 1. The Hall–Kier alpha value is -0.560. The van der Waals surface area contributed by atoms with Crippen molar-refractivity contribution in [1.82, 2.24) is 5.43 Å². The van der Waals surface area contributed by atoms with Gasteiger partial charge >= 0.3 is 0 Å². The third kappa shape index (κ3) is 5.64. The van der Waals surface area contributed by atoms with Gasteiger partial charge in [-0.3, -0.25) is 11.3 Å². The van der Waals surface area contributed by atoms with Gasteiger partial charge in [0.05, 0.1) is 6.10 Å². The molecule has 0 amide bonds. The minimum atomic E-state index is 0.147. The molecule has 0 aromatic heterocycles. The van der Waals surface area contributed by atoms with Crippen LogP contribution in [-0.2, 0) is 4.74 Å². The Labute approximate surface area is 81.0 Å². The predicted octanol–water partition coefficient (Wildman–Crippen LogP) is 1.05. The molecular weight excluding hydrogens is 164 g/mol. The monoisotopic (exact) mass is 184 g/mol. The molecule has 0 aliphatic heterocycles. The minimum Gasteiger partial charge on any atom is -0.377 e. The third-order valence-electron chi connectivity index (χ3n) is 1.97. The Bertz CT molecular complexity index is 171. The molecule has 0 saturated carbocycles. The molecule has 0 aliphatic rings. The van der Waals surface area contributed by atoms with E-state index in [1.165, 1.54) is 0 Å². The van der Waals surface area contributed by atoms with Crippen molar-refractivity contribution in [3.63, 3.8) is 0 Å². The van der Waals surface area contributed by atoms with Crippen LogP contribution < -0.4 is 11.3 Å². The van der Waals surface area contributed by atoms with Gasteiger partial charge in [-0.1, -0.05) is 0 Å². The lowest BCUT2D eigenvalue weighted by Crippen LogP contribution is -2.43. The molecule has 2 unspecified atom stereocenters. The van der Waals surface area contributed by atoms with Crippen LogP contribution in [0.3, 0.4) is 0 Å². The van der Waals surface area contributed by atoms with Crippen LogP contribution in [0.15, 0.2) is 0 Å². The van der Waals surface area contributed by atoms with Crippen LogP contribution in [-0.4, -0.2) is 18.8 Å². The summed E-state index contributed by atoms with van der Waals surface area (Å²) in [7, 11) is 0. The molecule has 0 rings (SSSR count). The number of ether oxygens (including phenoxy) is 1. The highest BCUT2D eigenvalue weighted by Crippen LogP contribution is 2.04. The fourth-order valence-electron chi connectivity index (χ4n) is 1.19. The Balaban J connectivity index is 3.77. The molecule has 13 heavy (non-hydrogen) atoms. The van der Waals surface area contributed by atoms with Gasteiger partial charge in [-0.2, -0.15) is 0 Å². The highest BCUT2D eigenvalue weighted by Gasteiger charge is 2.14. The molecule has 0 aromatic rings. The summed E-state index contributed by atoms with van der Waals surface area (Å²) in [6.07, 6.45) is 1.94. The van der Waals surface area contributed by atoms with E-state index in [2.05, 4.69) is 17.3 Å². The first-order chi connectivity index (χ1) is 6.26. The van der Waals surface area contributed by atoms with Crippen molar-refractivity contribution in [2.75, 3.05) is 6.61 Å². The molecule has 76 valence electrons. The second-order valence-electron chi connectivity index (χ2n) is 2.90. The lowest BCUT2D eigenvalue weighted by atomic mass is 10.1. The highest BCUT2D eigenvalue weighted by atomic mass is 16.5. The van der Waals surface area contributed by atoms with Crippen molar-refractivity contribution in [2.24, 2.45) is 5.84 Å². The summed E-state index contributed by atoms with van der Waals surface area (Å²) in [5, 5.41) is 0. The second-order valence-corrected chi connectivity index (χ2v) is 2.90. The topological polar surface area (TPSA) is 47.3 Å². The van der Waals surface area contributed by atoms with E-state index in [0.717, 1.165) is 19.4 Å². The minimum absolute atomic E-state index is 0.147. The van der Waals surface area contributed by atoms with Crippen LogP contribution >= 0.6 is 0 Å². The van der Waals surface area contributed by atoms with Crippen LogP contribution in [0.5, 0.6) is 0 Å². The summed E-state index contributed by atoms with van der Waals surface area (Å²) in [4.78, 5) is 0. The van der Waals surface area contributed by atoms with Crippen LogP contribution in [0.2, 0.25) is 0 Å². The maximum atomic E-state index is 5.43. The summed E-state index contributed by atoms with van der Waals surface area (Å²) in [6.45, 7) is 6.57. The smallest absolute Gasteiger partial charge is 0.0713 e. The van der Waals surface area contributed by atoms with Crippen molar-refractivity contribution in [1.29, 1.82) is 0 Å². The maximum Gasteiger partial charge on any atom is 0.0713 e. The third-order valence-corrected chi connectivity index (χ3v) is 1.97. The van der Waals surface area contributed by atoms with E-state index in [0.29, 0.717) is 0 Å². The summed E-state index contributed by atoms with van der Waals surface area (Å²) in [5.74, 6) is 11.3. The zero-order valence-electron chi connectivity index (χ0n) is 8.76. The maximum absolute atomic E-state index is 5.43. The van der Waals surface area contributed by atoms with E-state index in [4.69, 9.17) is 10.6 Å². The molecule has 0 fully saturated rings. The Kier molecular flexibility index (Phi) is 7.71. The van der Waals surface area contributed by atoms with Crippen molar-refractivity contribution in [2.45, 2.75) is 45.8 Å². The summed E-state index contributed by atoms with van der Waals surface area (Å²) in [6, 6.07) is 0.195. The Morgan fingerprint density at radius 2 is 2.23 bits per heavy atom. The molecule has 0 saturated heterocycles. The van der Waals surface area contributed by atoms with Gasteiger partial charge in [-0.15, -0.1) is 11.8 Å². The SMILES string of the molecule is CC#CCCC(NN)C(C)OCC. The number of hydrazine groups is 1. The number of rotatable bonds is 6. The molecule has 0 aromatic carbocycles. The fraction of sp³-hybridized carbons (Fsp3) is 0.800. The predicted molar refractivity (Wildman–Crippen MR) is 54.9 cm³/mol. The van der Waals surface area contributed by atoms with Crippen molar-refractivity contribution >= 4 is 0 Å². The van der Waals surface area contributed by atoms with Crippen molar-refractivity contribution < 1.29 is 4.74 Å². The van der Waals surface area contributed by atoms with Crippen LogP contribution in [0.1, 0.15) is 33.6 Å². The van der Waals surface area contributed by atoms with Crippen molar-refractivity contribution in [3.8, 4) is 11.8 Å². The first kappa shape index (κ1) is 12.4. The average Bonchev–Trinajstić information content (AvgIpc) is 2.13. The van der Waals surface area contributed by atoms with Crippen molar-refractivity contribution in [3.05, 3.63) is 0 Å². The van der Waals surface area contributed by atoms with Gasteiger partial charge in [0, 0.05) is 19.1 Å². The van der Waals surface area contributed by atoms with Gasteiger partial charge < -0.3 is 4.74 Å². The molecular formula is C10H20N2O. The molecule has 2 atom stereocenters. The van der Waals surface area contributed by atoms with Gasteiger partial charge in [-0.25, -0.2) is 0 Å². The average molecular weight is 184 g/mol. The molecule has 0 radical (unpaired) electrons. The largest absolute Gasteiger partial charge is 0.377 e. The highest BCUT2D eigenvalue weighted by molar-refractivity contribution is 4.95. The van der Waals surface area contributed by atoms with E-state index in [9.17, 15) is 0 Å². The normalized spacial score (nSPS) is 14.5. The standard InChI is InChI=1S/C10H20N2O/c1-4-6-7-8-10(12-11)9(3)13-5-2/h9-10,12H,5,7-8,11H2,1-3H3. The number of hydrogen-bond donors (Lipinski definition) is 2. The molecule has 0 heterocycles. The van der Waals surface area contributed by atoms with E-state index in [1.807, 2.05) is 20.8 Å². The Morgan fingerprint density at radius 3 is 2.69 bits per heavy atom. The second kappa shape index (κ2) is 8.06. The molecule has 3 heteroatoms. The van der Waals surface area contributed by atoms with Crippen LogP contribution in [0.4, 0.5) is 0 Å². The van der Waals surface area contributed by atoms with E-state index in [-0.39, 0.29) is 12.1 Å². The van der Waals surface area contributed by atoms with Crippen LogP contribution in [0, 0.1) is 11.8 Å². The Morgan fingerprint density at radius 1 is 1.54 bits per heavy atom. The first-order valence-corrected chi connectivity index (χ1v) is 4.73. The van der Waals surface area contributed by atoms with Gasteiger partial charge in [0.2, 0.25) is 0 Å². The van der Waals surface area contributed by atoms with Crippen LogP contribution in [0.25, 0.3) is 0 Å². The lowest BCUT2D eigenvalue weighted by Gasteiger charge is -2.22. The summed E-state index contributed by atoms with van der Waals surface area (Å²) < 4.78 is 5.43. The van der Waals surface area contributed by atoms with Gasteiger partial charge in [0.1, 0.15) is 0 Å². The molecule has 3 nitrogen and oxygen atoms in total. The molecule has 0 spiro atoms. The molecule has 0 aliphatic carbocycles.